The average molecular weight is 220 g/mol. The first-order valence-electron chi connectivity index (χ1n) is 5.13. The van der Waals surface area contributed by atoms with Crippen LogP contribution < -0.4 is 0 Å². The highest BCUT2D eigenvalue weighted by Crippen LogP contribution is 2.12. The third-order valence-corrected chi connectivity index (χ3v) is 1.81. The molecule has 90 valence electrons. The van der Waals surface area contributed by atoms with Gasteiger partial charge in [0, 0.05) is 13.0 Å². The van der Waals surface area contributed by atoms with Crippen LogP contribution in [0.1, 0.15) is 34.1 Å². The van der Waals surface area contributed by atoms with Gasteiger partial charge >= 0.3 is 0 Å². The first-order chi connectivity index (χ1) is 6.93. The summed E-state index contributed by atoms with van der Waals surface area (Å²) in [5, 5.41) is 23.2. The van der Waals surface area contributed by atoms with Crippen molar-refractivity contribution < 1.29 is 20.1 Å². The summed E-state index contributed by atoms with van der Waals surface area (Å²) in [6, 6.07) is 0. The molecule has 0 unspecified atom stereocenters. The van der Waals surface area contributed by atoms with E-state index < -0.39 is 0 Å². The van der Waals surface area contributed by atoms with Crippen LogP contribution in [0.5, 0.6) is 0 Å². The molecule has 6 nitrogen and oxygen atoms in total. The summed E-state index contributed by atoms with van der Waals surface area (Å²) in [5.41, 5.74) is -0.229. The SMILES string of the molecule is CCN(/[N+](O)=N/OCCCO)C(C)(C)C. The maximum atomic E-state index is 9.55. The van der Waals surface area contributed by atoms with Gasteiger partial charge in [-0.3, -0.25) is 0 Å². The van der Waals surface area contributed by atoms with Gasteiger partial charge in [0.25, 0.3) is 10.2 Å². The number of nitrogens with zero attached hydrogens (tertiary/aromatic N) is 3. The molecule has 0 aromatic rings. The zero-order valence-corrected chi connectivity index (χ0v) is 9.97. The molecule has 0 aromatic heterocycles. The molecule has 0 aromatic carbocycles. The Morgan fingerprint density at radius 2 is 2.00 bits per heavy atom. The van der Waals surface area contributed by atoms with Crippen LogP contribution in [0, 0.1) is 0 Å². The van der Waals surface area contributed by atoms with Crippen molar-refractivity contribution in [2.45, 2.75) is 39.7 Å². The van der Waals surface area contributed by atoms with Crippen molar-refractivity contribution in [1.29, 1.82) is 0 Å². The summed E-state index contributed by atoms with van der Waals surface area (Å²) in [7, 11) is 0. The molecule has 0 saturated heterocycles. The molecule has 0 fully saturated rings. The van der Waals surface area contributed by atoms with E-state index in [-0.39, 0.29) is 18.8 Å². The quantitative estimate of drug-likeness (QED) is 0.305. The van der Waals surface area contributed by atoms with Gasteiger partial charge in [0.15, 0.2) is 0 Å². The van der Waals surface area contributed by atoms with E-state index >= 15 is 0 Å². The van der Waals surface area contributed by atoms with Crippen molar-refractivity contribution in [3.63, 3.8) is 0 Å². The summed E-state index contributed by atoms with van der Waals surface area (Å²) in [6.45, 7) is 8.76. The van der Waals surface area contributed by atoms with Crippen molar-refractivity contribution in [1.82, 2.24) is 5.01 Å². The molecule has 0 heterocycles. The van der Waals surface area contributed by atoms with Gasteiger partial charge in [-0.25, -0.2) is 5.21 Å². The van der Waals surface area contributed by atoms with E-state index in [1.165, 1.54) is 0 Å². The molecule has 0 aliphatic carbocycles. The lowest BCUT2D eigenvalue weighted by Crippen LogP contribution is -2.46. The third kappa shape index (κ3) is 5.41. The molecule has 15 heavy (non-hydrogen) atoms. The first kappa shape index (κ1) is 14.0. The molecule has 0 spiro atoms. The van der Waals surface area contributed by atoms with Gasteiger partial charge in [-0.2, -0.15) is 0 Å². The van der Waals surface area contributed by atoms with E-state index in [1.807, 2.05) is 27.7 Å². The van der Waals surface area contributed by atoms with Crippen molar-refractivity contribution in [2.75, 3.05) is 19.8 Å². The summed E-state index contributed by atoms with van der Waals surface area (Å²) in [4.78, 5) is 5.52. The molecule has 0 amide bonds. The number of hydrogen-bond acceptors (Lipinski definition) is 3. The molecular weight excluding hydrogens is 198 g/mol. The van der Waals surface area contributed by atoms with Crippen molar-refractivity contribution in [3.05, 3.63) is 0 Å². The highest BCUT2D eigenvalue weighted by molar-refractivity contribution is 4.66. The van der Waals surface area contributed by atoms with Crippen LogP contribution in [0.2, 0.25) is 0 Å². The van der Waals surface area contributed by atoms with Gasteiger partial charge in [-0.15, -0.1) is 5.01 Å². The molecule has 2 N–H and O–H groups in total. The Morgan fingerprint density at radius 3 is 2.40 bits per heavy atom. The summed E-state index contributed by atoms with van der Waals surface area (Å²) < 4.78 is 0. The van der Waals surface area contributed by atoms with Crippen molar-refractivity contribution >= 4 is 0 Å². The zero-order chi connectivity index (χ0) is 11.9. The maximum absolute atomic E-state index is 9.55. The van der Waals surface area contributed by atoms with Crippen LogP contribution in [-0.2, 0) is 4.84 Å². The van der Waals surface area contributed by atoms with Gasteiger partial charge in [0.1, 0.15) is 6.61 Å². The fourth-order valence-corrected chi connectivity index (χ4v) is 1.13. The lowest BCUT2D eigenvalue weighted by Gasteiger charge is -2.24. The van der Waals surface area contributed by atoms with Crippen LogP contribution in [-0.4, -0.2) is 45.6 Å². The zero-order valence-electron chi connectivity index (χ0n) is 9.97. The summed E-state index contributed by atoms with van der Waals surface area (Å²) in [5.74, 6) is 0. The minimum atomic E-state index is -0.229. The lowest BCUT2D eigenvalue weighted by molar-refractivity contribution is -0.949. The minimum Gasteiger partial charge on any atom is -0.396 e. The van der Waals surface area contributed by atoms with Crippen LogP contribution >= 0.6 is 0 Å². The molecule has 0 bridgehead atoms. The van der Waals surface area contributed by atoms with Crippen LogP contribution in [0.15, 0.2) is 5.28 Å². The number of rotatable bonds is 6. The first-order valence-corrected chi connectivity index (χ1v) is 5.13. The monoisotopic (exact) mass is 220 g/mol. The Balaban J connectivity index is 4.20. The fraction of sp³-hybridized carbons (Fsp3) is 1.00. The van der Waals surface area contributed by atoms with Gasteiger partial charge in [-0.05, 0) is 27.7 Å². The molecule has 0 rings (SSSR count). The molecule has 0 aliphatic heterocycles. The fourth-order valence-electron chi connectivity index (χ4n) is 1.13. The van der Waals surface area contributed by atoms with E-state index in [2.05, 4.69) is 5.28 Å². The Morgan fingerprint density at radius 1 is 1.40 bits per heavy atom. The number of aliphatic hydroxyl groups excluding tert-OH is 1. The predicted molar refractivity (Wildman–Crippen MR) is 54.3 cm³/mol. The molecule has 0 aliphatic rings. The van der Waals surface area contributed by atoms with E-state index in [1.54, 1.807) is 5.01 Å². The standard InChI is InChI=1S/C9H22N3O3/c1-5-11(9(2,3)4)12(14)10-15-8-6-7-13/h13H,5-8H2,1-4H3,(H,10,14)/q+1. The number of hydrogen-bond donors (Lipinski definition) is 2. The Kier molecular flexibility index (Phi) is 6.00. The Hall–Kier alpha value is -1.04. The van der Waals surface area contributed by atoms with Crippen LogP contribution in [0.4, 0.5) is 0 Å². The van der Waals surface area contributed by atoms with E-state index in [4.69, 9.17) is 9.94 Å². The van der Waals surface area contributed by atoms with Gasteiger partial charge in [0.05, 0.1) is 12.1 Å². The normalized spacial score (nSPS) is 12.7. The molecular formula is C9H22N3O3+. The summed E-state index contributed by atoms with van der Waals surface area (Å²) in [6.07, 6.45) is 0.499. The van der Waals surface area contributed by atoms with Crippen LogP contribution in [0.25, 0.3) is 0 Å². The largest absolute Gasteiger partial charge is 0.396 e. The van der Waals surface area contributed by atoms with E-state index in [0.29, 0.717) is 17.9 Å². The van der Waals surface area contributed by atoms with E-state index in [0.717, 1.165) is 0 Å². The number of aliphatic hydroxyl groups is 1. The van der Waals surface area contributed by atoms with Gasteiger partial charge < -0.3 is 9.94 Å². The second kappa shape index (κ2) is 6.44. The minimum absolute atomic E-state index is 0.0533. The van der Waals surface area contributed by atoms with Gasteiger partial charge in [-0.1, -0.05) is 0 Å². The van der Waals surface area contributed by atoms with Crippen LogP contribution in [0.3, 0.4) is 0 Å². The Bertz CT molecular complexity index is 201. The highest BCUT2D eigenvalue weighted by atomic mass is 16.7. The Labute approximate surface area is 90.7 Å². The van der Waals surface area contributed by atoms with E-state index in [9.17, 15) is 5.21 Å². The maximum Gasteiger partial charge on any atom is 0.274 e. The molecule has 0 saturated carbocycles. The topological polar surface area (TPSA) is 68.3 Å². The van der Waals surface area contributed by atoms with Crippen molar-refractivity contribution in [2.24, 2.45) is 5.28 Å². The average Bonchev–Trinajstić information content (AvgIpc) is 2.11. The second-order valence-electron chi connectivity index (χ2n) is 4.15. The molecule has 0 atom stereocenters. The third-order valence-electron chi connectivity index (χ3n) is 1.81. The smallest absolute Gasteiger partial charge is 0.274 e. The van der Waals surface area contributed by atoms with Gasteiger partial charge in [0.2, 0.25) is 0 Å². The highest BCUT2D eigenvalue weighted by Gasteiger charge is 2.30. The summed E-state index contributed by atoms with van der Waals surface area (Å²) >= 11 is 0. The molecule has 0 radical (unpaired) electrons. The number of hydrazine groups is 1. The predicted octanol–water partition coefficient (Wildman–Crippen LogP) is 1.19. The van der Waals surface area contributed by atoms with Crippen molar-refractivity contribution in [3.8, 4) is 0 Å². The molecule has 6 heteroatoms. The second-order valence-corrected chi connectivity index (χ2v) is 4.15. The lowest BCUT2D eigenvalue weighted by atomic mass is 10.1.